The number of oxazole rings is 1. The maximum atomic E-state index is 12.4. The summed E-state index contributed by atoms with van der Waals surface area (Å²) >= 11 is 0. The van der Waals surface area contributed by atoms with Gasteiger partial charge in [0.05, 0.1) is 10.4 Å². The molecule has 0 fully saturated rings. The van der Waals surface area contributed by atoms with Gasteiger partial charge < -0.3 is 9.73 Å². The fraction of sp³-hybridized carbons (Fsp3) is 0.300. The van der Waals surface area contributed by atoms with Crippen LogP contribution in [0.25, 0.3) is 11.1 Å². The molecule has 0 aliphatic heterocycles. The number of benzene rings is 2. The third-order valence-electron chi connectivity index (χ3n) is 4.62. The Balaban J connectivity index is 1.67. The van der Waals surface area contributed by atoms with E-state index in [2.05, 4.69) is 5.32 Å². The van der Waals surface area contributed by atoms with Crippen molar-refractivity contribution in [3.8, 4) is 0 Å². The zero-order valence-corrected chi connectivity index (χ0v) is 17.3. The van der Waals surface area contributed by atoms with E-state index in [1.165, 1.54) is 30.8 Å². The van der Waals surface area contributed by atoms with Crippen molar-refractivity contribution >= 4 is 32.7 Å². The monoisotopic (exact) mass is 417 g/mol. The largest absolute Gasteiger partial charge is 0.419 e. The van der Waals surface area contributed by atoms with Crippen LogP contribution < -0.4 is 11.1 Å². The van der Waals surface area contributed by atoms with Crippen LogP contribution in [0.1, 0.15) is 18.4 Å². The molecule has 0 unspecified atom stereocenters. The topological polar surface area (TPSA) is 102 Å². The first-order valence-electron chi connectivity index (χ1n) is 9.11. The fourth-order valence-corrected chi connectivity index (χ4v) is 3.87. The number of hydrogen-bond acceptors (Lipinski definition) is 5. The quantitative estimate of drug-likeness (QED) is 0.637. The molecule has 9 heteroatoms. The van der Waals surface area contributed by atoms with Gasteiger partial charge in [0, 0.05) is 32.7 Å². The molecule has 8 nitrogen and oxygen atoms in total. The highest BCUT2D eigenvalue weighted by Crippen LogP contribution is 2.22. The van der Waals surface area contributed by atoms with E-state index in [9.17, 15) is 18.0 Å². The predicted octanol–water partition coefficient (Wildman–Crippen LogP) is 2.57. The number of anilines is 1. The molecule has 1 amide bonds. The molecule has 0 saturated carbocycles. The summed E-state index contributed by atoms with van der Waals surface area (Å²) < 4.78 is 32.4. The standard InChI is InChI=1S/C20H23N3O5S/c1-14-10-11-15(29(26,27)22(2)3)13-16(14)21-19(24)9-6-12-23-17-7-4-5-8-18(17)28-20(23)25/h4-5,7-8,10-11,13H,6,9,12H2,1-3H3,(H,21,24). The van der Waals surface area contributed by atoms with Crippen molar-refractivity contribution in [3.05, 3.63) is 58.6 Å². The number of nitrogens with zero attached hydrogens (tertiary/aromatic N) is 2. The molecule has 0 atom stereocenters. The molecule has 1 N–H and O–H groups in total. The Labute approximate surface area is 168 Å². The van der Waals surface area contributed by atoms with E-state index in [4.69, 9.17) is 4.42 Å². The van der Waals surface area contributed by atoms with Crippen molar-refractivity contribution in [2.45, 2.75) is 31.2 Å². The number of nitrogens with one attached hydrogen (secondary N) is 1. The minimum Gasteiger partial charge on any atom is -0.408 e. The summed E-state index contributed by atoms with van der Waals surface area (Å²) in [6, 6.07) is 11.7. The van der Waals surface area contributed by atoms with E-state index in [0.717, 1.165) is 9.87 Å². The van der Waals surface area contributed by atoms with E-state index >= 15 is 0 Å². The van der Waals surface area contributed by atoms with E-state index < -0.39 is 15.8 Å². The van der Waals surface area contributed by atoms with Crippen LogP contribution in [-0.4, -0.2) is 37.3 Å². The van der Waals surface area contributed by atoms with Crippen LogP contribution in [0.5, 0.6) is 0 Å². The van der Waals surface area contributed by atoms with Crippen LogP contribution in [-0.2, 0) is 21.4 Å². The average molecular weight is 417 g/mol. The van der Waals surface area contributed by atoms with Gasteiger partial charge in [-0.25, -0.2) is 17.5 Å². The number of carbonyl (C=O) groups excluding carboxylic acids is 1. The van der Waals surface area contributed by atoms with Gasteiger partial charge in [-0.3, -0.25) is 9.36 Å². The van der Waals surface area contributed by atoms with Crippen LogP contribution in [0.3, 0.4) is 0 Å². The summed E-state index contributed by atoms with van der Waals surface area (Å²) in [5, 5.41) is 2.76. The first-order valence-corrected chi connectivity index (χ1v) is 10.6. The lowest BCUT2D eigenvalue weighted by atomic mass is 10.2. The Bertz CT molecular complexity index is 1210. The molecule has 0 saturated heterocycles. The molecule has 0 radical (unpaired) electrons. The zero-order valence-electron chi connectivity index (χ0n) is 16.5. The van der Waals surface area contributed by atoms with Gasteiger partial charge in [-0.1, -0.05) is 18.2 Å². The summed E-state index contributed by atoms with van der Waals surface area (Å²) in [4.78, 5) is 24.4. The number of sulfonamides is 1. The second kappa shape index (κ2) is 8.22. The van der Waals surface area contributed by atoms with E-state index in [1.54, 1.807) is 31.2 Å². The van der Waals surface area contributed by atoms with Gasteiger partial charge >= 0.3 is 5.76 Å². The lowest BCUT2D eigenvalue weighted by molar-refractivity contribution is -0.116. The first kappa shape index (κ1) is 20.8. The summed E-state index contributed by atoms with van der Waals surface area (Å²) in [7, 11) is -0.684. The number of hydrogen-bond donors (Lipinski definition) is 1. The molecule has 29 heavy (non-hydrogen) atoms. The molecule has 3 rings (SSSR count). The summed E-state index contributed by atoms with van der Waals surface area (Å²) in [5.74, 6) is -0.711. The van der Waals surface area contributed by atoms with Crippen LogP contribution in [0.15, 0.2) is 56.6 Å². The van der Waals surface area contributed by atoms with Crippen molar-refractivity contribution in [2.24, 2.45) is 0 Å². The minimum absolute atomic E-state index is 0.111. The van der Waals surface area contributed by atoms with E-state index in [-0.39, 0.29) is 17.2 Å². The average Bonchev–Trinajstić information content (AvgIpc) is 2.98. The van der Waals surface area contributed by atoms with Crippen molar-refractivity contribution in [1.82, 2.24) is 8.87 Å². The summed E-state index contributed by atoms with van der Waals surface area (Å²) in [6.45, 7) is 2.14. The Kier molecular flexibility index (Phi) is 5.90. The minimum atomic E-state index is -3.59. The normalized spacial score (nSPS) is 11.9. The Morgan fingerprint density at radius 2 is 1.90 bits per heavy atom. The predicted molar refractivity (Wildman–Crippen MR) is 110 cm³/mol. The molecule has 0 bridgehead atoms. The lowest BCUT2D eigenvalue weighted by Crippen LogP contribution is -2.22. The van der Waals surface area contributed by atoms with Crippen LogP contribution in [0.2, 0.25) is 0 Å². The molecule has 0 aliphatic carbocycles. The van der Waals surface area contributed by atoms with E-state index in [0.29, 0.717) is 29.8 Å². The zero-order chi connectivity index (χ0) is 21.2. The molecule has 2 aromatic carbocycles. The Morgan fingerprint density at radius 3 is 2.62 bits per heavy atom. The Hall–Kier alpha value is -2.91. The van der Waals surface area contributed by atoms with Gasteiger partial charge in [-0.05, 0) is 43.2 Å². The van der Waals surface area contributed by atoms with Crippen molar-refractivity contribution < 1.29 is 17.6 Å². The number of aromatic nitrogens is 1. The maximum absolute atomic E-state index is 12.4. The molecule has 1 aromatic heterocycles. The van der Waals surface area contributed by atoms with Crippen molar-refractivity contribution in [1.29, 1.82) is 0 Å². The van der Waals surface area contributed by atoms with Crippen LogP contribution >= 0.6 is 0 Å². The van der Waals surface area contributed by atoms with Gasteiger partial charge in [0.15, 0.2) is 5.58 Å². The van der Waals surface area contributed by atoms with Crippen molar-refractivity contribution in [3.63, 3.8) is 0 Å². The highest BCUT2D eigenvalue weighted by Gasteiger charge is 2.18. The second-order valence-corrected chi connectivity index (χ2v) is 9.06. The molecular weight excluding hydrogens is 394 g/mol. The maximum Gasteiger partial charge on any atom is 0.419 e. The number of carbonyl (C=O) groups is 1. The molecule has 154 valence electrons. The first-order chi connectivity index (χ1) is 13.7. The number of para-hydroxylation sites is 2. The van der Waals surface area contributed by atoms with Gasteiger partial charge in [-0.15, -0.1) is 0 Å². The third-order valence-corrected chi connectivity index (χ3v) is 6.43. The number of amides is 1. The SMILES string of the molecule is Cc1ccc(S(=O)(=O)N(C)C)cc1NC(=O)CCCn1c(=O)oc2ccccc21. The molecule has 0 spiro atoms. The Morgan fingerprint density at radius 1 is 1.17 bits per heavy atom. The van der Waals surface area contributed by atoms with E-state index in [1.807, 2.05) is 6.07 Å². The van der Waals surface area contributed by atoms with Gasteiger partial charge in [0.2, 0.25) is 15.9 Å². The van der Waals surface area contributed by atoms with Gasteiger partial charge in [-0.2, -0.15) is 0 Å². The highest BCUT2D eigenvalue weighted by atomic mass is 32.2. The molecule has 1 heterocycles. The molecule has 3 aromatic rings. The number of rotatable bonds is 7. The lowest BCUT2D eigenvalue weighted by Gasteiger charge is -2.14. The summed E-state index contributed by atoms with van der Waals surface area (Å²) in [5.41, 5.74) is 2.41. The second-order valence-electron chi connectivity index (χ2n) is 6.90. The fourth-order valence-electron chi connectivity index (χ4n) is 2.94. The van der Waals surface area contributed by atoms with Gasteiger partial charge in [0.25, 0.3) is 0 Å². The smallest absolute Gasteiger partial charge is 0.408 e. The van der Waals surface area contributed by atoms with Crippen molar-refractivity contribution in [2.75, 3.05) is 19.4 Å². The van der Waals surface area contributed by atoms with Gasteiger partial charge in [0.1, 0.15) is 0 Å². The highest BCUT2D eigenvalue weighted by molar-refractivity contribution is 7.89. The number of aryl methyl sites for hydroxylation is 2. The molecule has 0 aliphatic rings. The molecular formula is C20H23N3O5S. The number of fused-ring (bicyclic) bond motifs is 1. The third kappa shape index (κ3) is 4.41. The van der Waals surface area contributed by atoms with Crippen LogP contribution in [0, 0.1) is 6.92 Å². The summed E-state index contributed by atoms with van der Waals surface area (Å²) in [6.07, 6.45) is 0.611. The van der Waals surface area contributed by atoms with Crippen LogP contribution in [0.4, 0.5) is 5.69 Å².